The third kappa shape index (κ3) is 1.70. The van der Waals surface area contributed by atoms with Crippen molar-refractivity contribution in [2.45, 2.75) is 6.92 Å². The normalized spacial score (nSPS) is 10.6. The van der Waals surface area contributed by atoms with Crippen molar-refractivity contribution >= 4 is 6.08 Å². The van der Waals surface area contributed by atoms with Gasteiger partial charge in [0.05, 0.1) is 0 Å². The molecule has 1 heterocycles. The molecule has 0 aliphatic heterocycles. The first-order valence-electron chi connectivity index (χ1n) is 3.18. The lowest BCUT2D eigenvalue weighted by Gasteiger charge is -1.91. The van der Waals surface area contributed by atoms with E-state index in [2.05, 4.69) is 0 Å². The molecule has 1 aromatic heterocycles. The Kier molecular flexibility index (Phi) is 2.11. The van der Waals surface area contributed by atoms with Crippen molar-refractivity contribution in [3.63, 3.8) is 0 Å². The molecule has 1 N–H and O–H groups in total. The largest absolute Gasteiger partial charge is 0.502 e. The molecule has 0 unspecified atom stereocenters. The summed E-state index contributed by atoms with van der Waals surface area (Å²) in [5.74, 6) is 0.0774. The van der Waals surface area contributed by atoms with Crippen LogP contribution in [0.3, 0.4) is 0 Å². The molecule has 0 bridgehead atoms. The van der Waals surface area contributed by atoms with E-state index in [0.29, 0.717) is 5.76 Å². The van der Waals surface area contributed by atoms with E-state index in [1.165, 1.54) is 6.07 Å². The average molecular weight is 152 g/mol. The van der Waals surface area contributed by atoms with Gasteiger partial charge in [0, 0.05) is 6.07 Å². The second-order valence-electron chi connectivity index (χ2n) is 2.03. The van der Waals surface area contributed by atoms with Gasteiger partial charge in [-0.15, -0.1) is 0 Å². The molecule has 0 atom stereocenters. The fourth-order valence-electron chi connectivity index (χ4n) is 0.671. The molecule has 3 nitrogen and oxygen atoms in total. The molecule has 0 fully saturated rings. The predicted molar refractivity (Wildman–Crippen MR) is 41.4 cm³/mol. The van der Waals surface area contributed by atoms with Crippen LogP contribution < -0.4 is 5.43 Å². The monoisotopic (exact) mass is 152 g/mol. The van der Waals surface area contributed by atoms with Crippen molar-refractivity contribution in [2.24, 2.45) is 0 Å². The van der Waals surface area contributed by atoms with Crippen molar-refractivity contribution < 1.29 is 9.52 Å². The SMILES string of the molecule is CC=Cc1cc(=O)c(O)co1. The zero-order valence-corrected chi connectivity index (χ0v) is 6.07. The minimum Gasteiger partial charge on any atom is -0.502 e. The Morgan fingerprint density at radius 1 is 1.64 bits per heavy atom. The van der Waals surface area contributed by atoms with Crippen LogP contribution in [-0.2, 0) is 0 Å². The molecular weight excluding hydrogens is 144 g/mol. The zero-order valence-electron chi connectivity index (χ0n) is 6.07. The quantitative estimate of drug-likeness (QED) is 0.661. The average Bonchev–Trinajstić information content (AvgIpc) is 1.98. The number of rotatable bonds is 1. The maximum Gasteiger partial charge on any atom is 0.227 e. The summed E-state index contributed by atoms with van der Waals surface area (Å²) in [7, 11) is 0. The van der Waals surface area contributed by atoms with E-state index in [4.69, 9.17) is 9.52 Å². The van der Waals surface area contributed by atoms with Gasteiger partial charge in [-0.3, -0.25) is 4.79 Å². The summed E-state index contributed by atoms with van der Waals surface area (Å²) in [5, 5.41) is 8.78. The van der Waals surface area contributed by atoms with Gasteiger partial charge in [-0.25, -0.2) is 0 Å². The van der Waals surface area contributed by atoms with Crippen molar-refractivity contribution in [1.82, 2.24) is 0 Å². The van der Waals surface area contributed by atoms with E-state index in [-0.39, 0.29) is 5.75 Å². The summed E-state index contributed by atoms with van der Waals surface area (Å²) < 4.78 is 4.84. The van der Waals surface area contributed by atoms with Crippen LogP contribution in [0.15, 0.2) is 27.6 Å². The number of allylic oxidation sites excluding steroid dienone is 1. The second-order valence-corrected chi connectivity index (χ2v) is 2.03. The van der Waals surface area contributed by atoms with Crippen LogP contribution in [0.25, 0.3) is 6.08 Å². The van der Waals surface area contributed by atoms with Gasteiger partial charge in [0.2, 0.25) is 5.43 Å². The lowest BCUT2D eigenvalue weighted by atomic mass is 10.3. The minimum absolute atomic E-state index is 0.363. The summed E-state index contributed by atoms with van der Waals surface area (Å²) in [4.78, 5) is 10.8. The maximum absolute atomic E-state index is 10.8. The summed E-state index contributed by atoms with van der Waals surface area (Å²) in [5.41, 5.74) is -0.427. The van der Waals surface area contributed by atoms with Crippen LogP contribution in [-0.4, -0.2) is 5.11 Å². The van der Waals surface area contributed by atoms with Crippen LogP contribution in [0, 0.1) is 0 Å². The highest BCUT2D eigenvalue weighted by Crippen LogP contribution is 2.04. The topological polar surface area (TPSA) is 50.4 Å². The van der Waals surface area contributed by atoms with E-state index in [9.17, 15) is 4.79 Å². The third-order valence-corrected chi connectivity index (χ3v) is 1.16. The Balaban J connectivity index is 3.15. The molecular formula is C8H8O3. The summed E-state index contributed by atoms with van der Waals surface area (Å²) >= 11 is 0. The van der Waals surface area contributed by atoms with Crippen LogP contribution in [0.1, 0.15) is 12.7 Å². The van der Waals surface area contributed by atoms with Gasteiger partial charge >= 0.3 is 0 Å². The Morgan fingerprint density at radius 2 is 2.36 bits per heavy atom. The van der Waals surface area contributed by atoms with Crippen LogP contribution in [0.5, 0.6) is 5.75 Å². The van der Waals surface area contributed by atoms with Gasteiger partial charge in [-0.05, 0) is 13.0 Å². The van der Waals surface area contributed by atoms with E-state index in [1.54, 1.807) is 12.2 Å². The first-order valence-corrected chi connectivity index (χ1v) is 3.18. The van der Waals surface area contributed by atoms with Crippen LogP contribution >= 0.6 is 0 Å². The van der Waals surface area contributed by atoms with Gasteiger partial charge in [-0.1, -0.05) is 6.08 Å². The van der Waals surface area contributed by atoms with Gasteiger partial charge in [0.15, 0.2) is 5.75 Å². The Labute approximate surface area is 63.6 Å². The fraction of sp³-hybridized carbons (Fsp3) is 0.125. The van der Waals surface area contributed by atoms with Crippen LogP contribution in [0.4, 0.5) is 0 Å². The fourth-order valence-corrected chi connectivity index (χ4v) is 0.671. The van der Waals surface area contributed by atoms with Crippen molar-refractivity contribution in [1.29, 1.82) is 0 Å². The molecule has 0 radical (unpaired) electrons. The van der Waals surface area contributed by atoms with Gasteiger partial charge in [-0.2, -0.15) is 0 Å². The Hall–Kier alpha value is -1.51. The standard InChI is InChI=1S/C8H8O3/c1-2-3-6-4-7(9)8(10)5-11-6/h2-5,10H,1H3. The number of aromatic hydroxyl groups is 1. The van der Waals surface area contributed by atoms with E-state index in [0.717, 1.165) is 6.26 Å². The number of hydrogen-bond acceptors (Lipinski definition) is 3. The van der Waals surface area contributed by atoms with Crippen molar-refractivity contribution in [3.05, 3.63) is 34.4 Å². The molecule has 0 aliphatic carbocycles. The van der Waals surface area contributed by atoms with Crippen molar-refractivity contribution in [2.75, 3.05) is 0 Å². The number of hydrogen-bond donors (Lipinski definition) is 1. The van der Waals surface area contributed by atoms with Crippen LogP contribution in [0.2, 0.25) is 0 Å². The van der Waals surface area contributed by atoms with Gasteiger partial charge in [0.25, 0.3) is 0 Å². The highest BCUT2D eigenvalue weighted by molar-refractivity contribution is 5.42. The first-order chi connectivity index (χ1) is 5.24. The zero-order chi connectivity index (χ0) is 8.27. The molecule has 1 aromatic rings. The molecule has 11 heavy (non-hydrogen) atoms. The molecule has 0 saturated carbocycles. The lowest BCUT2D eigenvalue weighted by molar-refractivity contribution is 0.427. The molecule has 3 heteroatoms. The summed E-state index contributed by atoms with van der Waals surface area (Å²) in [6.07, 6.45) is 4.41. The van der Waals surface area contributed by atoms with E-state index >= 15 is 0 Å². The van der Waals surface area contributed by atoms with Crippen molar-refractivity contribution in [3.8, 4) is 5.75 Å². The first kappa shape index (κ1) is 7.60. The second kappa shape index (κ2) is 3.05. The predicted octanol–water partition coefficient (Wildman–Crippen LogP) is 1.38. The molecule has 0 aromatic carbocycles. The smallest absolute Gasteiger partial charge is 0.227 e. The van der Waals surface area contributed by atoms with Gasteiger partial charge < -0.3 is 9.52 Å². The summed E-state index contributed by atoms with van der Waals surface area (Å²) in [6, 6.07) is 1.23. The highest BCUT2D eigenvalue weighted by Gasteiger charge is 1.96. The van der Waals surface area contributed by atoms with Gasteiger partial charge in [0.1, 0.15) is 12.0 Å². The molecule has 0 spiro atoms. The third-order valence-electron chi connectivity index (χ3n) is 1.16. The lowest BCUT2D eigenvalue weighted by Crippen LogP contribution is -1.97. The molecule has 0 saturated heterocycles. The van der Waals surface area contributed by atoms with E-state index < -0.39 is 5.43 Å². The molecule has 58 valence electrons. The maximum atomic E-state index is 10.8. The molecule has 1 rings (SSSR count). The molecule has 0 amide bonds. The minimum atomic E-state index is -0.427. The Morgan fingerprint density at radius 3 is 2.91 bits per heavy atom. The van der Waals surface area contributed by atoms with E-state index in [1.807, 2.05) is 6.92 Å². The summed E-state index contributed by atoms with van der Waals surface area (Å²) in [6.45, 7) is 1.81. The highest BCUT2D eigenvalue weighted by atomic mass is 16.3. The molecule has 0 aliphatic rings. The Bertz CT molecular complexity index is 322.